The van der Waals surface area contributed by atoms with Crippen LogP contribution in [0.1, 0.15) is 79.1 Å². The normalized spacial score (nSPS) is 20.5. The van der Waals surface area contributed by atoms with Gasteiger partial charge in [0.25, 0.3) is 0 Å². The summed E-state index contributed by atoms with van der Waals surface area (Å²) < 4.78 is 0. The molecular formula is C16H33N. The Bertz CT molecular complexity index is 186. The third-order valence-electron chi connectivity index (χ3n) is 4.27. The first kappa shape index (κ1) is 15.0. The zero-order valence-corrected chi connectivity index (χ0v) is 12.5. The number of hydrogen-bond donors (Lipinski definition) is 1. The van der Waals surface area contributed by atoms with E-state index in [-0.39, 0.29) is 0 Å². The first-order valence-corrected chi connectivity index (χ1v) is 7.77. The molecular weight excluding hydrogens is 206 g/mol. The van der Waals surface area contributed by atoms with Gasteiger partial charge in [-0.05, 0) is 37.1 Å². The second-order valence-corrected chi connectivity index (χ2v) is 6.95. The van der Waals surface area contributed by atoms with Crippen LogP contribution in [0.15, 0.2) is 0 Å². The molecule has 0 amide bonds. The second-order valence-electron chi connectivity index (χ2n) is 6.95. The first-order valence-electron chi connectivity index (χ1n) is 7.77. The van der Waals surface area contributed by atoms with Crippen molar-refractivity contribution in [3.63, 3.8) is 0 Å². The van der Waals surface area contributed by atoms with Crippen LogP contribution < -0.4 is 5.32 Å². The highest BCUT2D eigenvalue weighted by Crippen LogP contribution is 2.30. The maximum Gasteiger partial charge on any atom is 0.0116 e. The molecule has 1 atom stereocenters. The molecule has 0 spiro atoms. The lowest BCUT2D eigenvalue weighted by molar-refractivity contribution is 0.226. The molecule has 1 unspecified atom stereocenters. The van der Waals surface area contributed by atoms with E-state index in [1.165, 1.54) is 57.9 Å². The Kier molecular flexibility index (Phi) is 6.54. The molecule has 1 fully saturated rings. The van der Waals surface area contributed by atoms with Crippen molar-refractivity contribution in [1.29, 1.82) is 0 Å². The van der Waals surface area contributed by atoms with Crippen molar-refractivity contribution < 1.29 is 0 Å². The molecule has 1 N–H and O–H groups in total. The fraction of sp³-hybridized carbons (Fsp3) is 1.00. The monoisotopic (exact) mass is 239 g/mol. The van der Waals surface area contributed by atoms with E-state index in [4.69, 9.17) is 0 Å². The van der Waals surface area contributed by atoms with E-state index in [0.29, 0.717) is 11.5 Å². The minimum absolute atomic E-state index is 0.407. The van der Waals surface area contributed by atoms with Crippen LogP contribution in [0.5, 0.6) is 0 Å². The number of hydrogen-bond acceptors (Lipinski definition) is 1. The molecule has 0 aromatic heterocycles. The van der Waals surface area contributed by atoms with Crippen LogP contribution in [0.3, 0.4) is 0 Å². The molecule has 1 heteroatoms. The SMILES string of the molecule is CCCNC(CCC1CCCCC1)C(C)(C)C. The van der Waals surface area contributed by atoms with E-state index >= 15 is 0 Å². The van der Waals surface area contributed by atoms with Crippen LogP contribution in [0.25, 0.3) is 0 Å². The molecule has 0 aromatic rings. The Morgan fingerprint density at radius 3 is 2.29 bits per heavy atom. The van der Waals surface area contributed by atoms with Gasteiger partial charge in [0.05, 0.1) is 0 Å². The zero-order valence-electron chi connectivity index (χ0n) is 12.5. The van der Waals surface area contributed by atoms with Gasteiger partial charge in [0.2, 0.25) is 0 Å². The standard InChI is InChI=1S/C16H33N/c1-5-13-17-15(16(2,3)4)12-11-14-9-7-6-8-10-14/h14-15,17H,5-13H2,1-4H3. The topological polar surface area (TPSA) is 12.0 Å². The molecule has 1 saturated carbocycles. The van der Waals surface area contributed by atoms with Crippen molar-refractivity contribution in [3.05, 3.63) is 0 Å². The van der Waals surface area contributed by atoms with Crippen LogP contribution in [-0.4, -0.2) is 12.6 Å². The Balaban J connectivity index is 2.31. The van der Waals surface area contributed by atoms with E-state index in [1.807, 2.05) is 0 Å². The molecule has 0 saturated heterocycles. The van der Waals surface area contributed by atoms with Gasteiger partial charge >= 0.3 is 0 Å². The summed E-state index contributed by atoms with van der Waals surface area (Å²) in [6, 6.07) is 0.698. The van der Waals surface area contributed by atoms with Gasteiger partial charge in [-0.3, -0.25) is 0 Å². The molecule has 102 valence electrons. The van der Waals surface area contributed by atoms with Gasteiger partial charge in [-0.15, -0.1) is 0 Å². The van der Waals surface area contributed by atoms with Gasteiger partial charge in [-0.1, -0.05) is 59.8 Å². The Morgan fingerprint density at radius 2 is 1.76 bits per heavy atom. The molecule has 0 aliphatic heterocycles. The predicted molar refractivity (Wildman–Crippen MR) is 77.3 cm³/mol. The molecule has 0 heterocycles. The average molecular weight is 239 g/mol. The highest BCUT2D eigenvalue weighted by atomic mass is 14.9. The van der Waals surface area contributed by atoms with Gasteiger partial charge in [0.15, 0.2) is 0 Å². The summed E-state index contributed by atoms with van der Waals surface area (Å²) in [4.78, 5) is 0. The number of rotatable bonds is 6. The molecule has 0 bridgehead atoms. The summed E-state index contributed by atoms with van der Waals surface area (Å²) in [5, 5.41) is 3.75. The quantitative estimate of drug-likeness (QED) is 0.704. The van der Waals surface area contributed by atoms with E-state index in [1.54, 1.807) is 0 Å². The van der Waals surface area contributed by atoms with Gasteiger partial charge in [-0.2, -0.15) is 0 Å². The van der Waals surface area contributed by atoms with Gasteiger partial charge in [0, 0.05) is 6.04 Å². The molecule has 1 rings (SSSR count). The van der Waals surface area contributed by atoms with Gasteiger partial charge in [0.1, 0.15) is 0 Å². The van der Waals surface area contributed by atoms with Crippen LogP contribution in [0.4, 0.5) is 0 Å². The minimum atomic E-state index is 0.407. The van der Waals surface area contributed by atoms with Crippen molar-refractivity contribution in [2.24, 2.45) is 11.3 Å². The Labute approximate surface area is 109 Å². The molecule has 0 radical (unpaired) electrons. The van der Waals surface area contributed by atoms with Crippen molar-refractivity contribution in [1.82, 2.24) is 5.32 Å². The average Bonchev–Trinajstić information content (AvgIpc) is 2.29. The Hall–Kier alpha value is -0.0400. The first-order chi connectivity index (χ1) is 8.04. The summed E-state index contributed by atoms with van der Waals surface area (Å²) in [5.74, 6) is 1.03. The largest absolute Gasteiger partial charge is 0.313 e. The smallest absolute Gasteiger partial charge is 0.0116 e. The van der Waals surface area contributed by atoms with Crippen molar-refractivity contribution >= 4 is 0 Å². The molecule has 1 nitrogen and oxygen atoms in total. The fourth-order valence-corrected chi connectivity index (χ4v) is 3.04. The van der Waals surface area contributed by atoms with Crippen LogP contribution in [0, 0.1) is 11.3 Å². The summed E-state index contributed by atoms with van der Waals surface area (Å²) >= 11 is 0. The van der Waals surface area contributed by atoms with Gasteiger partial charge < -0.3 is 5.32 Å². The third kappa shape index (κ3) is 5.90. The lowest BCUT2D eigenvalue weighted by atomic mass is 9.79. The van der Waals surface area contributed by atoms with Crippen molar-refractivity contribution in [2.75, 3.05) is 6.54 Å². The highest BCUT2D eigenvalue weighted by Gasteiger charge is 2.25. The lowest BCUT2D eigenvalue weighted by Crippen LogP contribution is -2.41. The molecule has 1 aliphatic carbocycles. The lowest BCUT2D eigenvalue weighted by Gasteiger charge is -2.33. The highest BCUT2D eigenvalue weighted by molar-refractivity contribution is 4.81. The van der Waals surface area contributed by atoms with Crippen molar-refractivity contribution in [2.45, 2.75) is 85.1 Å². The van der Waals surface area contributed by atoms with Crippen LogP contribution in [0.2, 0.25) is 0 Å². The second kappa shape index (κ2) is 7.41. The van der Waals surface area contributed by atoms with E-state index in [0.717, 1.165) is 5.92 Å². The summed E-state index contributed by atoms with van der Waals surface area (Å²) in [6.45, 7) is 10.6. The van der Waals surface area contributed by atoms with Gasteiger partial charge in [-0.25, -0.2) is 0 Å². The maximum absolute atomic E-state index is 3.75. The fourth-order valence-electron chi connectivity index (χ4n) is 3.04. The van der Waals surface area contributed by atoms with E-state index in [9.17, 15) is 0 Å². The third-order valence-corrected chi connectivity index (χ3v) is 4.27. The molecule has 1 aliphatic rings. The Morgan fingerprint density at radius 1 is 1.12 bits per heavy atom. The maximum atomic E-state index is 3.75. The summed E-state index contributed by atoms with van der Waals surface area (Å²) in [5.41, 5.74) is 0.407. The van der Waals surface area contributed by atoms with E-state index in [2.05, 4.69) is 33.0 Å². The predicted octanol–water partition coefficient (Wildman–Crippen LogP) is 4.76. The minimum Gasteiger partial charge on any atom is -0.313 e. The zero-order chi connectivity index (χ0) is 12.7. The van der Waals surface area contributed by atoms with Crippen LogP contribution >= 0.6 is 0 Å². The molecule has 17 heavy (non-hydrogen) atoms. The van der Waals surface area contributed by atoms with Crippen LogP contribution in [-0.2, 0) is 0 Å². The molecule has 0 aromatic carbocycles. The van der Waals surface area contributed by atoms with Crippen molar-refractivity contribution in [3.8, 4) is 0 Å². The number of nitrogens with one attached hydrogen (secondary N) is 1. The van der Waals surface area contributed by atoms with E-state index < -0.39 is 0 Å². The summed E-state index contributed by atoms with van der Waals surface area (Å²) in [7, 11) is 0. The summed E-state index contributed by atoms with van der Waals surface area (Å²) in [6.07, 6.45) is 11.5.